The fourth-order valence-electron chi connectivity index (χ4n) is 2.33. The summed E-state index contributed by atoms with van der Waals surface area (Å²) >= 11 is 0. The van der Waals surface area contributed by atoms with Crippen LogP contribution in [0.25, 0.3) is 0 Å². The number of likely N-dealkylation sites (N-methyl/N-ethyl adjacent to an activating group) is 1. The van der Waals surface area contributed by atoms with Crippen LogP contribution in [0.4, 0.5) is 11.8 Å². The van der Waals surface area contributed by atoms with E-state index in [2.05, 4.69) is 33.7 Å². The first-order valence-electron chi connectivity index (χ1n) is 6.16. The third-order valence-electron chi connectivity index (χ3n) is 3.43. The summed E-state index contributed by atoms with van der Waals surface area (Å²) in [6, 6.07) is 2.61. The van der Waals surface area contributed by atoms with Crippen molar-refractivity contribution in [2.45, 2.75) is 26.3 Å². The molecule has 2 N–H and O–H groups in total. The SMILES string of the molecule is CCC1CN(c2cc(C)nc(N)n2)CCN1C. The van der Waals surface area contributed by atoms with Gasteiger partial charge in [-0.2, -0.15) is 4.98 Å². The van der Waals surface area contributed by atoms with Crippen LogP contribution in [-0.4, -0.2) is 47.6 Å². The summed E-state index contributed by atoms with van der Waals surface area (Å²) in [6.07, 6.45) is 1.16. The van der Waals surface area contributed by atoms with Gasteiger partial charge in [-0.05, 0) is 20.4 Å². The van der Waals surface area contributed by atoms with Crippen LogP contribution in [0.15, 0.2) is 6.07 Å². The summed E-state index contributed by atoms with van der Waals surface area (Å²) < 4.78 is 0. The van der Waals surface area contributed by atoms with Gasteiger partial charge in [-0.1, -0.05) is 6.92 Å². The molecule has 17 heavy (non-hydrogen) atoms. The van der Waals surface area contributed by atoms with Crippen LogP contribution in [-0.2, 0) is 0 Å². The van der Waals surface area contributed by atoms with E-state index in [-0.39, 0.29) is 0 Å². The molecule has 0 saturated carbocycles. The van der Waals surface area contributed by atoms with Crippen LogP contribution in [0.1, 0.15) is 19.0 Å². The monoisotopic (exact) mass is 235 g/mol. The summed E-state index contributed by atoms with van der Waals surface area (Å²) in [7, 11) is 2.19. The molecule has 0 bridgehead atoms. The number of aromatic nitrogens is 2. The van der Waals surface area contributed by atoms with Crippen molar-refractivity contribution >= 4 is 11.8 Å². The number of piperazine rings is 1. The Morgan fingerprint density at radius 1 is 1.41 bits per heavy atom. The zero-order valence-corrected chi connectivity index (χ0v) is 10.8. The molecule has 1 aromatic heterocycles. The van der Waals surface area contributed by atoms with E-state index in [0.717, 1.165) is 37.6 Å². The molecule has 5 nitrogen and oxygen atoms in total. The summed E-state index contributed by atoms with van der Waals surface area (Å²) in [6.45, 7) is 7.27. The number of hydrogen-bond acceptors (Lipinski definition) is 5. The molecule has 0 spiro atoms. The van der Waals surface area contributed by atoms with Gasteiger partial charge < -0.3 is 10.6 Å². The van der Waals surface area contributed by atoms with Crippen LogP contribution >= 0.6 is 0 Å². The fraction of sp³-hybridized carbons (Fsp3) is 0.667. The quantitative estimate of drug-likeness (QED) is 0.825. The maximum atomic E-state index is 5.70. The van der Waals surface area contributed by atoms with E-state index in [1.54, 1.807) is 0 Å². The minimum atomic E-state index is 0.368. The predicted molar refractivity (Wildman–Crippen MR) is 70.1 cm³/mol. The normalized spacial score (nSPS) is 21.8. The van der Waals surface area contributed by atoms with E-state index in [0.29, 0.717) is 12.0 Å². The fourth-order valence-corrected chi connectivity index (χ4v) is 2.33. The first kappa shape index (κ1) is 12.1. The molecule has 1 aliphatic rings. The van der Waals surface area contributed by atoms with E-state index in [9.17, 15) is 0 Å². The van der Waals surface area contributed by atoms with Crippen molar-refractivity contribution in [1.82, 2.24) is 14.9 Å². The van der Waals surface area contributed by atoms with Crippen LogP contribution < -0.4 is 10.6 Å². The van der Waals surface area contributed by atoms with Gasteiger partial charge in [0, 0.05) is 37.4 Å². The topological polar surface area (TPSA) is 58.3 Å². The van der Waals surface area contributed by atoms with Gasteiger partial charge in [0.2, 0.25) is 5.95 Å². The van der Waals surface area contributed by atoms with E-state index in [1.165, 1.54) is 0 Å². The third kappa shape index (κ3) is 2.66. The molecule has 0 radical (unpaired) electrons. The minimum Gasteiger partial charge on any atom is -0.368 e. The molecule has 1 atom stereocenters. The van der Waals surface area contributed by atoms with Crippen molar-refractivity contribution in [2.75, 3.05) is 37.3 Å². The predicted octanol–water partition coefficient (Wildman–Crippen LogP) is 0.898. The maximum Gasteiger partial charge on any atom is 0.222 e. The van der Waals surface area contributed by atoms with Gasteiger partial charge in [0.05, 0.1) is 0 Å². The Labute approximate surface area is 103 Å². The van der Waals surface area contributed by atoms with E-state index in [4.69, 9.17) is 5.73 Å². The van der Waals surface area contributed by atoms with Crippen molar-refractivity contribution < 1.29 is 0 Å². The largest absolute Gasteiger partial charge is 0.368 e. The van der Waals surface area contributed by atoms with Gasteiger partial charge in [-0.15, -0.1) is 0 Å². The highest BCUT2D eigenvalue weighted by molar-refractivity contribution is 5.44. The highest BCUT2D eigenvalue weighted by Crippen LogP contribution is 2.18. The van der Waals surface area contributed by atoms with Gasteiger partial charge >= 0.3 is 0 Å². The number of anilines is 2. The third-order valence-corrected chi connectivity index (χ3v) is 3.43. The molecule has 0 aromatic carbocycles. The Hall–Kier alpha value is -1.36. The van der Waals surface area contributed by atoms with Crippen molar-refractivity contribution in [3.05, 3.63) is 11.8 Å². The van der Waals surface area contributed by atoms with Gasteiger partial charge in [0.15, 0.2) is 0 Å². The molecular weight excluding hydrogens is 214 g/mol. The number of nitrogens with zero attached hydrogens (tertiary/aromatic N) is 4. The van der Waals surface area contributed by atoms with Crippen LogP contribution in [0.3, 0.4) is 0 Å². The highest BCUT2D eigenvalue weighted by Gasteiger charge is 2.23. The molecule has 1 saturated heterocycles. The lowest BCUT2D eigenvalue weighted by atomic mass is 10.1. The average Bonchev–Trinajstić information content (AvgIpc) is 2.28. The molecule has 94 valence electrons. The van der Waals surface area contributed by atoms with Gasteiger partial charge in [0.1, 0.15) is 5.82 Å². The van der Waals surface area contributed by atoms with Crippen LogP contribution in [0, 0.1) is 6.92 Å². The Bertz CT molecular complexity index is 372. The lowest BCUT2D eigenvalue weighted by Crippen LogP contribution is -2.51. The maximum absolute atomic E-state index is 5.70. The molecule has 2 rings (SSSR count). The van der Waals surface area contributed by atoms with Crippen molar-refractivity contribution in [3.63, 3.8) is 0 Å². The number of rotatable bonds is 2. The molecule has 1 unspecified atom stereocenters. The summed E-state index contributed by atoms with van der Waals surface area (Å²) in [5.41, 5.74) is 6.63. The molecule has 2 heterocycles. The lowest BCUT2D eigenvalue weighted by molar-refractivity contribution is 0.213. The number of nitrogens with two attached hydrogens (primary N) is 1. The summed E-state index contributed by atoms with van der Waals surface area (Å²) in [5.74, 6) is 1.33. The van der Waals surface area contributed by atoms with Crippen molar-refractivity contribution in [3.8, 4) is 0 Å². The second-order valence-corrected chi connectivity index (χ2v) is 4.71. The van der Waals surface area contributed by atoms with E-state index >= 15 is 0 Å². The molecule has 1 fully saturated rings. The zero-order chi connectivity index (χ0) is 12.4. The van der Waals surface area contributed by atoms with Gasteiger partial charge in [-0.3, -0.25) is 4.90 Å². The first-order chi connectivity index (χ1) is 8.10. The standard InChI is InChI=1S/C12H21N5/c1-4-10-8-17(6-5-16(10)3)11-7-9(2)14-12(13)15-11/h7,10H,4-6,8H2,1-3H3,(H2,13,14,15). The summed E-state index contributed by atoms with van der Waals surface area (Å²) in [5, 5.41) is 0. The van der Waals surface area contributed by atoms with E-state index in [1.807, 2.05) is 13.0 Å². The Morgan fingerprint density at radius 3 is 2.82 bits per heavy atom. The number of hydrogen-bond donors (Lipinski definition) is 1. The molecule has 1 aromatic rings. The van der Waals surface area contributed by atoms with E-state index < -0.39 is 0 Å². The van der Waals surface area contributed by atoms with Crippen molar-refractivity contribution in [2.24, 2.45) is 0 Å². The molecule has 0 aliphatic carbocycles. The molecular formula is C12H21N5. The van der Waals surface area contributed by atoms with Gasteiger partial charge in [-0.25, -0.2) is 4.98 Å². The van der Waals surface area contributed by atoms with Crippen molar-refractivity contribution in [1.29, 1.82) is 0 Å². The summed E-state index contributed by atoms with van der Waals surface area (Å²) in [4.78, 5) is 13.2. The van der Waals surface area contributed by atoms with Crippen LogP contribution in [0.5, 0.6) is 0 Å². The first-order valence-corrected chi connectivity index (χ1v) is 6.16. The molecule has 5 heteroatoms. The molecule has 1 aliphatic heterocycles. The number of nitrogen functional groups attached to an aromatic ring is 1. The Morgan fingerprint density at radius 2 is 2.18 bits per heavy atom. The lowest BCUT2D eigenvalue weighted by Gasteiger charge is -2.39. The van der Waals surface area contributed by atoms with Crippen LogP contribution in [0.2, 0.25) is 0 Å². The highest BCUT2D eigenvalue weighted by atomic mass is 15.3. The molecule has 0 amide bonds. The second-order valence-electron chi connectivity index (χ2n) is 4.71. The Kier molecular flexibility index (Phi) is 3.47. The smallest absolute Gasteiger partial charge is 0.222 e. The minimum absolute atomic E-state index is 0.368. The second kappa shape index (κ2) is 4.87. The zero-order valence-electron chi connectivity index (χ0n) is 10.8. The number of aryl methyl sites for hydroxylation is 1. The average molecular weight is 235 g/mol. The Balaban J connectivity index is 2.17. The van der Waals surface area contributed by atoms with Gasteiger partial charge in [0.25, 0.3) is 0 Å².